The molecule has 1 unspecified atom stereocenters. The lowest BCUT2D eigenvalue weighted by atomic mass is 10.2. The Kier molecular flexibility index (Phi) is 6.52. The maximum atomic E-state index is 11.2. The zero-order valence-electron chi connectivity index (χ0n) is 11.1. The Balaban J connectivity index is 2.40. The van der Waals surface area contributed by atoms with E-state index in [9.17, 15) is 9.90 Å². The Morgan fingerprint density at radius 1 is 1.41 bits per heavy atom. The maximum Gasteiger partial charge on any atom is 0.322 e. The second kappa shape index (κ2) is 7.67. The summed E-state index contributed by atoms with van der Waals surface area (Å²) in [5.74, 6) is -0.722. The van der Waals surface area contributed by atoms with Crippen LogP contribution in [0.3, 0.4) is 0 Å². The molecule has 0 bridgehead atoms. The van der Waals surface area contributed by atoms with Gasteiger partial charge in [-0.2, -0.15) is 0 Å². The molecule has 1 atom stereocenters. The van der Waals surface area contributed by atoms with Gasteiger partial charge in [-0.3, -0.25) is 9.69 Å². The van der Waals surface area contributed by atoms with E-state index in [2.05, 4.69) is 24.1 Å². The molecule has 0 aliphatic heterocycles. The van der Waals surface area contributed by atoms with E-state index in [1.165, 1.54) is 19.3 Å². The van der Waals surface area contributed by atoms with Crippen molar-refractivity contribution >= 4 is 5.97 Å². The molecule has 2 N–H and O–H groups in total. The van der Waals surface area contributed by atoms with Gasteiger partial charge in [0.2, 0.25) is 0 Å². The first-order chi connectivity index (χ1) is 8.19. The molecule has 1 rings (SSSR count). The fourth-order valence-electron chi connectivity index (χ4n) is 2.01. The largest absolute Gasteiger partial charge is 0.480 e. The van der Waals surface area contributed by atoms with Gasteiger partial charge >= 0.3 is 5.97 Å². The van der Waals surface area contributed by atoms with E-state index in [1.807, 2.05) is 0 Å². The van der Waals surface area contributed by atoms with Gasteiger partial charge in [-0.1, -0.05) is 20.3 Å². The third-order valence-electron chi connectivity index (χ3n) is 3.22. The molecular weight excluding hydrogens is 216 g/mol. The minimum Gasteiger partial charge on any atom is -0.480 e. The van der Waals surface area contributed by atoms with E-state index in [0.29, 0.717) is 12.6 Å². The first-order valence-electron chi connectivity index (χ1n) is 6.89. The van der Waals surface area contributed by atoms with Crippen molar-refractivity contribution in [3.05, 3.63) is 0 Å². The maximum absolute atomic E-state index is 11.2. The number of aliphatic carboxylic acids is 1. The molecule has 0 radical (unpaired) electrons. The van der Waals surface area contributed by atoms with E-state index in [1.54, 1.807) is 0 Å². The van der Waals surface area contributed by atoms with Crippen molar-refractivity contribution in [3.8, 4) is 0 Å². The molecular formula is C13H26N2O2. The summed E-state index contributed by atoms with van der Waals surface area (Å²) in [5.41, 5.74) is 0. The monoisotopic (exact) mass is 242 g/mol. The predicted octanol–water partition coefficient (Wildman–Crippen LogP) is 1.70. The summed E-state index contributed by atoms with van der Waals surface area (Å²) in [6.45, 7) is 6.71. The van der Waals surface area contributed by atoms with Crippen LogP contribution < -0.4 is 5.32 Å². The zero-order valence-corrected chi connectivity index (χ0v) is 11.1. The molecule has 17 heavy (non-hydrogen) atoms. The van der Waals surface area contributed by atoms with Gasteiger partial charge in [0.05, 0.1) is 0 Å². The number of nitrogens with zero attached hydrogens (tertiary/aromatic N) is 1. The molecule has 1 aliphatic carbocycles. The molecule has 1 fully saturated rings. The van der Waals surface area contributed by atoms with E-state index in [4.69, 9.17) is 0 Å². The molecule has 1 aliphatic rings. The van der Waals surface area contributed by atoms with Crippen LogP contribution in [0.1, 0.15) is 46.0 Å². The number of carboxylic acid groups (broad SMARTS) is 1. The number of hydrogen-bond donors (Lipinski definition) is 2. The molecule has 4 heteroatoms. The highest BCUT2D eigenvalue weighted by Crippen LogP contribution is 2.27. The molecule has 0 aromatic heterocycles. The smallest absolute Gasteiger partial charge is 0.322 e. The summed E-state index contributed by atoms with van der Waals surface area (Å²) in [4.78, 5) is 13.5. The van der Waals surface area contributed by atoms with Crippen LogP contribution in [0.25, 0.3) is 0 Å². The minimum absolute atomic E-state index is 0.410. The lowest BCUT2D eigenvalue weighted by Gasteiger charge is -2.25. The van der Waals surface area contributed by atoms with Gasteiger partial charge < -0.3 is 10.4 Å². The normalized spacial score (nSPS) is 17.4. The van der Waals surface area contributed by atoms with Crippen LogP contribution in [0.15, 0.2) is 0 Å². The number of rotatable bonds is 10. The van der Waals surface area contributed by atoms with Crippen LogP contribution in [0.4, 0.5) is 0 Å². The number of hydrogen-bond acceptors (Lipinski definition) is 3. The van der Waals surface area contributed by atoms with Gasteiger partial charge in [0.25, 0.3) is 0 Å². The summed E-state index contributed by atoms with van der Waals surface area (Å²) >= 11 is 0. The quantitative estimate of drug-likeness (QED) is 0.612. The van der Waals surface area contributed by atoms with Crippen molar-refractivity contribution in [2.24, 2.45) is 0 Å². The second-order valence-electron chi connectivity index (χ2n) is 4.92. The number of unbranched alkanes of at least 4 members (excludes halogenated alkanes) is 1. The van der Waals surface area contributed by atoms with E-state index in [0.717, 1.165) is 25.9 Å². The highest BCUT2D eigenvalue weighted by atomic mass is 16.4. The Bertz CT molecular complexity index is 229. The van der Waals surface area contributed by atoms with Crippen molar-refractivity contribution in [2.45, 2.75) is 58.0 Å². The standard InChI is InChI=1S/C13H26N2O2/c1-3-5-9-15(11-6-7-11)10-12(13(16)17)14-8-4-2/h11-12,14H,3-10H2,1-2H3,(H,16,17). The Labute approximate surface area is 104 Å². The van der Waals surface area contributed by atoms with Gasteiger partial charge in [0.15, 0.2) is 0 Å². The van der Waals surface area contributed by atoms with Gasteiger partial charge in [0, 0.05) is 12.6 Å². The fourth-order valence-corrected chi connectivity index (χ4v) is 2.01. The second-order valence-corrected chi connectivity index (χ2v) is 4.92. The highest BCUT2D eigenvalue weighted by molar-refractivity contribution is 5.73. The van der Waals surface area contributed by atoms with Crippen LogP contribution in [-0.4, -0.2) is 47.7 Å². The first kappa shape index (κ1) is 14.5. The average Bonchev–Trinajstić information content (AvgIpc) is 3.12. The highest BCUT2D eigenvalue weighted by Gasteiger charge is 2.31. The SMILES string of the molecule is CCCCN(CC(NCCC)C(=O)O)C1CC1. The molecule has 0 amide bonds. The molecule has 100 valence electrons. The van der Waals surface area contributed by atoms with Gasteiger partial charge in [0.1, 0.15) is 6.04 Å². The molecule has 4 nitrogen and oxygen atoms in total. The minimum atomic E-state index is -0.722. The summed E-state index contributed by atoms with van der Waals surface area (Å²) in [5, 5.41) is 12.3. The van der Waals surface area contributed by atoms with Gasteiger partial charge in [-0.05, 0) is 38.8 Å². The summed E-state index contributed by atoms with van der Waals surface area (Å²) in [6, 6.07) is 0.235. The van der Waals surface area contributed by atoms with E-state index in [-0.39, 0.29) is 0 Å². The lowest BCUT2D eigenvalue weighted by Crippen LogP contribution is -2.47. The third kappa shape index (κ3) is 5.50. The summed E-state index contributed by atoms with van der Waals surface area (Å²) in [6.07, 6.45) is 5.79. The van der Waals surface area contributed by atoms with Crippen LogP contribution in [0, 0.1) is 0 Å². The molecule has 0 saturated heterocycles. The van der Waals surface area contributed by atoms with Crippen LogP contribution in [-0.2, 0) is 4.79 Å². The van der Waals surface area contributed by atoms with Crippen molar-refractivity contribution in [2.75, 3.05) is 19.6 Å². The van der Waals surface area contributed by atoms with Gasteiger partial charge in [-0.15, -0.1) is 0 Å². The number of carbonyl (C=O) groups is 1. The Morgan fingerprint density at radius 2 is 2.12 bits per heavy atom. The van der Waals surface area contributed by atoms with Crippen LogP contribution in [0.2, 0.25) is 0 Å². The summed E-state index contributed by atoms with van der Waals surface area (Å²) in [7, 11) is 0. The number of nitrogens with one attached hydrogen (secondary N) is 1. The molecule has 1 saturated carbocycles. The topological polar surface area (TPSA) is 52.6 Å². The van der Waals surface area contributed by atoms with Crippen molar-refractivity contribution < 1.29 is 9.90 Å². The van der Waals surface area contributed by atoms with Crippen LogP contribution >= 0.6 is 0 Å². The Hall–Kier alpha value is -0.610. The predicted molar refractivity (Wildman–Crippen MR) is 69.2 cm³/mol. The lowest BCUT2D eigenvalue weighted by molar-refractivity contribution is -0.140. The third-order valence-corrected chi connectivity index (χ3v) is 3.22. The fraction of sp³-hybridized carbons (Fsp3) is 0.923. The van der Waals surface area contributed by atoms with Crippen molar-refractivity contribution in [1.29, 1.82) is 0 Å². The zero-order chi connectivity index (χ0) is 12.7. The van der Waals surface area contributed by atoms with Gasteiger partial charge in [-0.25, -0.2) is 0 Å². The van der Waals surface area contributed by atoms with E-state index < -0.39 is 12.0 Å². The molecule has 0 aromatic carbocycles. The summed E-state index contributed by atoms with van der Waals surface area (Å²) < 4.78 is 0. The average molecular weight is 242 g/mol. The van der Waals surface area contributed by atoms with Crippen molar-refractivity contribution in [3.63, 3.8) is 0 Å². The Morgan fingerprint density at radius 3 is 2.59 bits per heavy atom. The molecule has 0 aromatic rings. The number of carboxylic acids is 1. The molecule has 0 spiro atoms. The van der Waals surface area contributed by atoms with E-state index >= 15 is 0 Å². The van der Waals surface area contributed by atoms with Crippen LogP contribution in [0.5, 0.6) is 0 Å². The molecule has 0 heterocycles. The first-order valence-corrected chi connectivity index (χ1v) is 6.89. The van der Waals surface area contributed by atoms with Crippen molar-refractivity contribution in [1.82, 2.24) is 10.2 Å².